The predicted molar refractivity (Wildman–Crippen MR) is 112 cm³/mol. The molecule has 1 heterocycles. The van der Waals surface area contributed by atoms with Crippen molar-refractivity contribution in [2.75, 3.05) is 26.3 Å². The van der Waals surface area contributed by atoms with Gasteiger partial charge >= 0.3 is 0 Å². The van der Waals surface area contributed by atoms with E-state index in [0.717, 1.165) is 24.2 Å². The van der Waals surface area contributed by atoms with E-state index in [0.29, 0.717) is 31.3 Å². The minimum Gasteiger partial charge on any atom is -0.390 e. The summed E-state index contributed by atoms with van der Waals surface area (Å²) in [6, 6.07) is 17.9. The molecular weight excluding hydrogens is 376 g/mol. The van der Waals surface area contributed by atoms with Crippen molar-refractivity contribution in [1.82, 2.24) is 4.90 Å². The van der Waals surface area contributed by atoms with Gasteiger partial charge < -0.3 is 14.7 Å². The van der Waals surface area contributed by atoms with E-state index in [2.05, 4.69) is 22.2 Å². The molecule has 0 saturated heterocycles. The Kier molecular flexibility index (Phi) is 7.86. The molecule has 6 heteroatoms. The van der Waals surface area contributed by atoms with Crippen molar-refractivity contribution in [3.8, 4) is 0 Å². The molecule has 0 aliphatic carbocycles. The lowest BCUT2D eigenvalue weighted by Crippen LogP contribution is -2.39. The molecule has 2 aromatic carbocycles. The Morgan fingerprint density at radius 2 is 1.96 bits per heavy atom. The molecule has 0 bridgehead atoms. The summed E-state index contributed by atoms with van der Waals surface area (Å²) >= 11 is 5.97. The Morgan fingerprint density at radius 1 is 1.21 bits per heavy atom. The molecule has 3 rings (SSSR count). The molecule has 1 aliphatic heterocycles. The van der Waals surface area contributed by atoms with Crippen LogP contribution in [0.25, 0.3) is 0 Å². The molecule has 0 saturated carbocycles. The Hall–Kier alpha value is -1.92. The fraction of sp³-hybridized carbons (Fsp3) is 0.409. The molecule has 0 fully saturated rings. The SMILES string of the molecule is CCOC[C@H](O)CN(Cc1ccccc1)C[C@@H]1CC(c2ccc(Cl)cc2)=NO1. The van der Waals surface area contributed by atoms with Gasteiger partial charge in [0.25, 0.3) is 0 Å². The Morgan fingerprint density at radius 3 is 2.68 bits per heavy atom. The number of nitrogens with zero attached hydrogens (tertiary/aromatic N) is 2. The molecule has 0 spiro atoms. The summed E-state index contributed by atoms with van der Waals surface area (Å²) in [7, 11) is 0. The van der Waals surface area contributed by atoms with Gasteiger partial charge in [-0.05, 0) is 30.2 Å². The number of halogens is 1. The Labute approximate surface area is 171 Å². The van der Waals surface area contributed by atoms with Crippen molar-refractivity contribution in [1.29, 1.82) is 0 Å². The van der Waals surface area contributed by atoms with Crippen LogP contribution in [0.5, 0.6) is 0 Å². The van der Waals surface area contributed by atoms with Crippen LogP contribution in [0, 0.1) is 0 Å². The normalized spacial score (nSPS) is 17.4. The molecule has 28 heavy (non-hydrogen) atoms. The highest BCUT2D eigenvalue weighted by atomic mass is 35.5. The molecule has 0 amide bonds. The van der Waals surface area contributed by atoms with Crippen LogP contribution in [0.15, 0.2) is 59.8 Å². The molecule has 0 unspecified atom stereocenters. The number of oxime groups is 1. The van der Waals surface area contributed by atoms with E-state index in [1.807, 2.05) is 49.4 Å². The topological polar surface area (TPSA) is 54.3 Å². The number of hydrogen-bond donors (Lipinski definition) is 1. The zero-order valence-electron chi connectivity index (χ0n) is 16.1. The van der Waals surface area contributed by atoms with Crippen LogP contribution in [0.3, 0.4) is 0 Å². The van der Waals surface area contributed by atoms with Crippen LogP contribution in [0.4, 0.5) is 0 Å². The third kappa shape index (κ3) is 6.31. The number of aliphatic hydroxyl groups excluding tert-OH is 1. The first kappa shape index (κ1) is 20.8. The van der Waals surface area contributed by atoms with Gasteiger partial charge in [0.05, 0.1) is 18.4 Å². The maximum absolute atomic E-state index is 10.3. The van der Waals surface area contributed by atoms with Gasteiger partial charge in [-0.1, -0.05) is 59.2 Å². The highest BCUT2D eigenvalue weighted by molar-refractivity contribution is 6.30. The Balaban J connectivity index is 1.60. The van der Waals surface area contributed by atoms with Gasteiger partial charge in [0, 0.05) is 37.7 Å². The third-order valence-corrected chi connectivity index (χ3v) is 4.86. The van der Waals surface area contributed by atoms with Crippen LogP contribution >= 0.6 is 11.6 Å². The van der Waals surface area contributed by atoms with E-state index in [1.165, 1.54) is 5.56 Å². The monoisotopic (exact) mass is 402 g/mol. The Bertz CT molecular complexity index is 752. The summed E-state index contributed by atoms with van der Waals surface area (Å²) in [6.45, 7) is 4.79. The van der Waals surface area contributed by atoms with Gasteiger partial charge in [-0.2, -0.15) is 0 Å². The first-order valence-corrected chi connectivity index (χ1v) is 10.0. The maximum atomic E-state index is 10.3. The minimum absolute atomic E-state index is 0.0475. The molecule has 0 aromatic heterocycles. The van der Waals surface area contributed by atoms with E-state index in [9.17, 15) is 5.11 Å². The lowest BCUT2D eigenvalue weighted by atomic mass is 10.0. The molecule has 2 atom stereocenters. The molecule has 1 N–H and O–H groups in total. The molecule has 150 valence electrons. The van der Waals surface area contributed by atoms with Crippen LogP contribution in [0.1, 0.15) is 24.5 Å². The van der Waals surface area contributed by atoms with Crippen LogP contribution in [-0.4, -0.2) is 54.2 Å². The van der Waals surface area contributed by atoms with Crippen molar-refractivity contribution in [3.63, 3.8) is 0 Å². The van der Waals surface area contributed by atoms with Crippen molar-refractivity contribution in [3.05, 3.63) is 70.7 Å². The standard InChI is InChI=1S/C22H27ClN2O3/c1-2-27-16-20(26)14-25(13-17-6-4-3-5-7-17)15-21-12-22(24-28-21)18-8-10-19(23)11-9-18/h3-11,20-21,26H,2,12-16H2,1H3/t20-,21+/m1/s1. The molecule has 1 aliphatic rings. The van der Waals surface area contributed by atoms with Crippen LogP contribution in [0.2, 0.25) is 5.02 Å². The second kappa shape index (κ2) is 10.6. The summed E-state index contributed by atoms with van der Waals surface area (Å²) in [5, 5.41) is 15.3. The van der Waals surface area contributed by atoms with E-state index in [-0.39, 0.29) is 6.10 Å². The third-order valence-electron chi connectivity index (χ3n) is 4.60. The predicted octanol–water partition coefficient (Wildman–Crippen LogP) is 3.73. The largest absolute Gasteiger partial charge is 0.390 e. The van der Waals surface area contributed by atoms with Gasteiger partial charge in [-0.3, -0.25) is 4.90 Å². The molecular formula is C22H27ClN2O3. The number of rotatable bonds is 10. The summed E-state index contributed by atoms with van der Waals surface area (Å²) in [5.41, 5.74) is 3.15. The van der Waals surface area contributed by atoms with Crippen molar-refractivity contribution >= 4 is 17.3 Å². The average Bonchev–Trinajstić information content (AvgIpc) is 3.16. The van der Waals surface area contributed by atoms with Gasteiger partial charge in [0.2, 0.25) is 0 Å². The molecule has 5 nitrogen and oxygen atoms in total. The summed E-state index contributed by atoms with van der Waals surface area (Å²) in [4.78, 5) is 7.88. The smallest absolute Gasteiger partial charge is 0.145 e. The number of hydrogen-bond acceptors (Lipinski definition) is 5. The summed E-state index contributed by atoms with van der Waals surface area (Å²) < 4.78 is 5.36. The van der Waals surface area contributed by atoms with Gasteiger partial charge in [0.15, 0.2) is 0 Å². The van der Waals surface area contributed by atoms with Crippen molar-refractivity contribution < 1.29 is 14.7 Å². The van der Waals surface area contributed by atoms with Crippen LogP contribution in [-0.2, 0) is 16.1 Å². The fourth-order valence-corrected chi connectivity index (χ4v) is 3.40. The quantitative estimate of drug-likeness (QED) is 0.657. The van der Waals surface area contributed by atoms with E-state index >= 15 is 0 Å². The van der Waals surface area contributed by atoms with Gasteiger partial charge in [-0.25, -0.2) is 0 Å². The first-order valence-electron chi connectivity index (χ1n) is 9.64. The fourth-order valence-electron chi connectivity index (χ4n) is 3.28. The lowest BCUT2D eigenvalue weighted by Gasteiger charge is -2.27. The summed E-state index contributed by atoms with van der Waals surface area (Å²) in [6.07, 6.45) is 0.143. The van der Waals surface area contributed by atoms with E-state index in [1.54, 1.807) is 0 Å². The highest BCUT2D eigenvalue weighted by Gasteiger charge is 2.25. The minimum atomic E-state index is -0.540. The summed E-state index contributed by atoms with van der Waals surface area (Å²) in [5.74, 6) is 0. The van der Waals surface area contributed by atoms with Crippen molar-refractivity contribution in [2.24, 2.45) is 5.16 Å². The molecule has 2 aromatic rings. The van der Waals surface area contributed by atoms with Crippen molar-refractivity contribution in [2.45, 2.75) is 32.1 Å². The zero-order valence-corrected chi connectivity index (χ0v) is 16.9. The van der Waals surface area contributed by atoms with Gasteiger partial charge in [-0.15, -0.1) is 0 Å². The number of aliphatic hydroxyl groups is 1. The number of benzene rings is 2. The lowest BCUT2D eigenvalue weighted by molar-refractivity contribution is 0.000495. The van der Waals surface area contributed by atoms with Crippen LogP contribution < -0.4 is 0 Å². The first-order chi connectivity index (χ1) is 13.6. The maximum Gasteiger partial charge on any atom is 0.145 e. The van der Waals surface area contributed by atoms with Gasteiger partial charge in [0.1, 0.15) is 6.10 Å². The highest BCUT2D eigenvalue weighted by Crippen LogP contribution is 2.20. The number of ether oxygens (including phenoxy) is 1. The zero-order chi connectivity index (χ0) is 19.8. The second-order valence-electron chi connectivity index (χ2n) is 6.97. The molecule has 0 radical (unpaired) electrons. The second-order valence-corrected chi connectivity index (χ2v) is 7.41. The van der Waals surface area contributed by atoms with E-state index in [4.69, 9.17) is 21.2 Å². The average molecular weight is 403 g/mol. The van der Waals surface area contributed by atoms with E-state index < -0.39 is 6.10 Å².